The summed E-state index contributed by atoms with van der Waals surface area (Å²) in [4.78, 5) is 16.3. The van der Waals surface area contributed by atoms with E-state index in [2.05, 4.69) is 20.9 Å². The standard InChI is InChI=1S/C14H7BrClNO2/c15-9-3-6-12-11(7-9)14(18)19-13(17-12)8-1-4-10(16)5-2-8/h1-7H. The highest BCUT2D eigenvalue weighted by atomic mass is 79.9. The molecular weight excluding hydrogens is 330 g/mol. The summed E-state index contributed by atoms with van der Waals surface area (Å²) in [5.74, 6) is 0.288. The van der Waals surface area contributed by atoms with Gasteiger partial charge in [0.15, 0.2) is 0 Å². The molecule has 3 rings (SSSR count). The molecule has 5 heteroatoms. The predicted octanol–water partition coefficient (Wildman–Crippen LogP) is 4.27. The first kappa shape index (κ1) is 12.4. The zero-order chi connectivity index (χ0) is 13.4. The second-order valence-electron chi connectivity index (χ2n) is 3.97. The molecule has 0 amide bonds. The van der Waals surface area contributed by atoms with Gasteiger partial charge in [0.2, 0.25) is 5.89 Å². The second kappa shape index (κ2) is 4.79. The van der Waals surface area contributed by atoms with Gasteiger partial charge in [0.25, 0.3) is 0 Å². The van der Waals surface area contributed by atoms with Crippen molar-refractivity contribution in [1.82, 2.24) is 4.98 Å². The molecule has 0 aliphatic carbocycles. The van der Waals surface area contributed by atoms with Gasteiger partial charge < -0.3 is 4.42 Å². The highest BCUT2D eigenvalue weighted by molar-refractivity contribution is 9.10. The average molecular weight is 337 g/mol. The highest BCUT2D eigenvalue weighted by Gasteiger charge is 2.08. The quantitative estimate of drug-likeness (QED) is 0.666. The lowest BCUT2D eigenvalue weighted by atomic mass is 10.2. The van der Waals surface area contributed by atoms with E-state index < -0.39 is 5.63 Å². The van der Waals surface area contributed by atoms with Gasteiger partial charge in [-0.3, -0.25) is 0 Å². The Hall–Kier alpha value is -1.65. The minimum atomic E-state index is -0.406. The van der Waals surface area contributed by atoms with Crippen LogP contribution in [0.4, 0.5) is 0 Å². The number of nitrogens with zero attached hydrogens (tertiary/aromatic N) is 1. The molecule has 0 N–H and O–H groups in total. The van der Waals surface area contributed by atoms with Crippen molar-refractivity contribution in [2.75, 3.05) is 0 Å². The normalized spacial score (nSPS) is 10.8. The van der Waals surface area contributed by atoms with Crippen LogP contribution in [0.3, 0.4) is 0 Å². The maximum absolute atomic E-state index is 11.9. The van der Waals surface area contributed by atoms with Crippen molar-refractivity contribution >= 4 is 38.4 Å². The predicted molar refractivity (Wildman–Crippen MR) is 78.4 cm³/mol. The Balaban J connectivity index is 2.24. The van der Waals surface area contributed by atoms with Crippen LogP contribution in [0.5, 0.6) is 0 Å². The Morgan fingerprint density at radius 2 is 1.84 bits per heavy atom. The van der Waals surface area contributed by atoms with E-state index in [4.69, 9.17) is 16.0 Å². The van der Waals surface area contributed by atoms with Crippen molar-refractivity contribution < 1.29 is 4.42 Å². The fraction of sp³-hybridized carbons (Fsp3) is 0. The molecule has 0 saturated carbocycles. The third-order valence-corrected chi connectivity index (χ3v) is 3.43. The molecule has 0 saturated heterocycles. The van der Waals surface area contributed by atoms with E-state index in [0.717, 1.165) is 4.47 Å². The first-order valence-electron chi connectivity index (χ1n) is 5.50. The number of hydrogen-bond donors (Lipinski definition) is 0. The van der Waals surface area contributed by atoms with Crippen molar-refractivity contribution in [3.63, 3.8) is 0 Å². The molecular formula is C14H7BrClNO2. The van der Waals surface area contributed by atoms with Crippen LogP contribution < -0.4 is 5.63 Å². The molecule has 0 radical (unpaired) electrons. The van der Waals surface area contributed by atoms with Crippen molar-refractivity contribution in [2.24, 2.45) is 0 Å². The monoisotopic (exact) mass is 335 g/mol. The summed E-state index contributed by atoms with van der Waals surface area (Å²) in [6.45, 7) is 0. The van der Waals surface area contributed by atoms with Gasteiger partial charge in [0.1, 0.15) is 0 Å². The molecule has 3 aromatic rings. The number of rotatable bonds is 1. The molecule has 1 heterocycles. The second-order valence-corrected chi connectivity index (χ2v) is 5.33. The fourth-order valence-electron chi connectivity index (χ4n) is 1.76. The van der Waals surface area contributed by atoms with Gasteiger partial charge in [-0.05, 0) is 42.5 Å². The first-order valence-corrected chi connectivity index (χ1v) is 6.67. The molecule has 94 valence electrons. The zero-order valence-corrected chi connectivity index (χ0v) is 11.9. The van der Waals surface area contributed by atoms with E-state index in [1.54, 1.807) is 36.4 Å². The number of halogens is 2. The van der Waals surface area contributed by atoms with Gasteiger partial charge in [0, 0.05) is 15.1 Å². The van der Waals surface area contributed by atoms with Crippen LogP contribution in [0.1, 0.15) is 0 Å². The Bertz CT molecular complexity index is 812. The van der Waals surface area contributed by atoms with Gasteiger partial charge >= 0.3 is 5.63 Å². The maximum Gasteiger partial charge on any atom is 0.347 e. The Morgan fingerprint density at radius 3 is 2.58 bits per heavy atom. The average Bonchev–Trinajstić information content (AvgIpc) is 2.40. The largest absolute Gasteiger partial charge is 0.403 e. The summed E-state index contributed by atoms with van der Waals surface area (Å²) in [6, 6.07) is 12.3. The molecule has 1 aromatic heterocycles. The summed E-state index contributed by atoms with van der Waals surface area (Å²) in [5.41, 5.74) is 0.909. The van der Waals surface area contributed by atoms with E-state index in [0.29, 0.717) is 21.5 Å². The molecule has 0 spiro atoms. The molecule has 2 aromatic carbocycles. The summed E-state index contributed by atoms with van der Waals surface area (Å²) in [6.07, 6.45) is 0. The Kier molecular flexibility index (Phi) is 3.12. The molecule has 0 fully saturated rings. The van der Waals surface area contributed by atoms with Crippen molar-refractivity contribution in [1.29, 1.82) is 0 Å². The van der Waals surface area contributed by atoms with Crippen LogP contribution in [0, 0.1) is 0 Å². The number of hydrogen-bond acceptors (Lipinski definition) is 3. The third-order valence-electron chi connectivity index (χ3n) is 2.68. The van der Waals surface area contributed by atoms with Crippen LogP contribution in [0.25, 0.3) is 22.4 Å². The van der Waals surface area contributed by atoms with Crippen molar-refractivity contribution in [3.05, 3.63) is 62.4 Å². The summed E-state index contributed by atoms with van der Waals surface area (Å²) in [5, 5.41) is 1.07. The van der Waals surface area contributed by atoms with Crippen molar-refractivity contribution in [3.8, 4) is 11.5 Å². The third kappa shape index (κ3) is 2.41. The molecule has 3 nitrogen and oxygen atoms in total. The van der Waals surface area contributed by atoms with Gasteiger partial charge in [-0.1, -0.05) is 27.5 Å². The van der Waals surface area contributed by atoms with Crippen LogP contribution in [-0.2, 0) is 0 Å². The number of benzene rings is 2. The number of aromatic nitrogens is 1. The number of fused-ring (bicyclic) bond motifs is 1. The molecule has 0 aliphatic heterocycles. The van der Waals surface area contributed by atoms with E-state index in [9.17, 15) is 4.79 Å². The molecule has 19 heavy (non-hydrogen) atoms. The SMILES string of the molecule is O=c1oc(-c2ccc(Cl)cc2)nc2ccc(Br)cc12. The molecule has 0 aliphatic rings. The fourth-order valence-corrected chi connectivity index (χ4v) is 2.25. The van der Waals surface area contributed by atoms with E-state index in [1.807, 2.05) is 6.07 Å². The maximum atomic E-state index is 11.9. The summed E-state index contributed by atoms with van der Waals surface area (Å²) < 4.78 is 6.05. The van der Waals surface area contributed by atoms with E-state index in [1.165, 1.54) is 0 Å². The van der Waals surface area contributed by atoms with Gasteiger partial charge in [0.05, 0.1) is 10.9 Å². The Morgan fingerprint density at radius 1 is 1.11 bits per heavy atom. The van der Waals surface area contributed by atoms with E-state index >= 15 is 0 Å². The van der Waals surface area contributed by atoms with Crippen LogP contribution in [0.15, 0.2) is 56.1 Å². The zero-order valence-electron chi connectivity index (χ0n) is 9.56. The van der Waals surface area contributed by atoms with Crippen LogP contribution in [-0.4, -0.2) is 4.98 Å². The molecule has 0 atom stereocenters. The van der Waals surface area contributed by atoms with E-state index in [-0.39, 0.29) is 5.89 Å². The lowest BCUT2D eigenvalue weighted by Gasteiger charge is -2.02. The summed E-state index contributed by atoms with van der Waals surface area (Å²) in [7, 11) is 0. The summed E-state index contributed by atoms with van der Waals surface area (Å²) >= 11 is 9.14. The minimum Gasteiger partial charge on any atom is -0.403 e. The molecule has 0 unspecified atom stereocenters. The first-order chi connectivity index (χ1) is 9.13. The van der Waals surface area contributed by atoms with Gasteiger partial charge in [-0.15, -0.1) is 0 Å². The van der Waals surface area contributed by atoms with Gasteiger partial charge in [-0.2, -0.15) is 0 Å². The lowest BCUT2D eigenvalue weighted by molar-refractivity contribution is 0.518. The minimum absolute atomic E-state index is 0.288. The highest BCUT2D eigenvalue weighted by Crippen LogP contribution is 2.22. The van der Waals surface area contributed by atoms with Gasteiger partial charge in [-0.25, -0.2) is 9.78 Å². The van der Waals surface area contributed by atoms with Crippen molar-refractivity contribution in [2.45, 2.75) is 0 Å². The topological polar surface area (TPSA) is 43.1 Å². The molecule has 0 bridgehead atoms. The Labute approximate surface area is 122 Å². The van der Waals surface area contributed by atoms with Crippen LogP contribution in [0.2, 0.25) is 5.02 Å². The van der Waals surface area contributed by atoms with Crippen LogP contribution >= 0.6 is 27.5 Å². The lowest BCUT2D eigenvalue weighted by Crippen LogP contribution is -2.02. The smallest absolute Gasteiger partial charge is 0.347 e.